The van der Waals surface area contributed by atoms with Crippen molar-refractivity contribution in [3.8, 4) is 11.1 Å². The molecule has 1 unspecified atom stereocenters. The third kappa shape index (κ3) is 4.79. The Morgan fingerprint density at radius 1 is 0.489 bits per heavy atom. The first-order valence-electron chi connectivity index (χ1n) is 16.2. The first-order chi connectivity index (χ1) is 23.2. The standard InChI is InChI=1S/C44H31NO2/c1-2-28-22-34(30-14-8-4-9-15-30)25-39(31-16-10-5-11-17-31)45-44(28)33-19-21-41-36(24-33)38-27-42-37(26-43(38)47-41)35-23-32(18-20-40(35)46-42)29-12-6-3-7-13-29/h3-28H,2H2,1H3. The van der Waals surface area contributed by atoms with E-state index in [1.807, 2.05) is 12.1 Å². The van der Waals surface area contributed by atoms with Gasteiger partial charge in [-0.3, -0.25) is 4.99 Å². The van der Waals surface area contributed by atoms with Crippen LogP contribution >= 0.6 is 0 Å². The Labute approximate surface area is 272 Å². The van der Waals surface area contributed by atoms with Gasteiger partial charge in [0.25, 0.3) is 0 Å². The van der Waals surface area contributed by atoms with Crippen LogP contribution in [-0.4, -0.2) is 5.71 Å². The molecule has 47 heavy (non-hydrogen) atoms. The van der Waals surface area contributed by atoms with Crippen molar-refractivity contribution in [1.82, 2.24) is 0 Å². The van der Waals surface area contributed by atoms with Gasteiger partial charge >= 0.3 is 0 Å². The van der Waals surface area contributed by atoms with Gasteiger partial charge in [0.15, 0.2) is 0 Å². The van der Waals surface area contributed by atoms with Crippen molar-refractivity contribution in [2.24, 2.45) is 10.9 Å². The number of benzene rings is 6. The maximum atomic E-state index is 6.47. The molecule has 1 atom stereocenters. The van der Waals surface area contributed by atoms with Crippen molar-refractivity contribution >= 4 is 60.9 Å². The fourth-order valence-corrected chi connectivity index (χ4v) is 6.91. The summed E-state index contributed by atoms with van der Waals surface area (Å²) in [5.74, 6) is 0.138. The van der Waals surface area contributed by atoms with Gasteiger partial charge in [0.2, 0.25) is 0 Å². The second-order valence-electron chi connectivity index (χ2n) is 12.2. The van der Waals surface area contributed by atoms with Gasteiger partial charge < -0.3 is 8.83 Å². The van der Waals surface area contributed by atoms with Crippen molar-refractivity contribution in [2.75, 3.05) is 0 Å². The predicted octanol–water partition coefficient (Wildman–Crippen LogP) is 12.1. The van der Waals surface area contributed by atoms with E-state index in [0.717, 1.165) is 78.4 Å². The number of nitrogens with zero attached hydrogens (tertiary/aromatic N) is 1. The van der Waals surface area contributed by atoms with Gasteiger partial charge in [0.1, 0.15) is 22.3 Å². The summed E-state index contributed by atoms with van der Waals surface area (Å²) in [6, 6.07) is 48.7. The quantitative estimate of drug-likeness (QED) is 0.196. The molecule has 0 saturated carbocycles. The molecule has 3 heteroatoms. The fraction of sp³-hybridized carbons (Fsp3) is 0.0682. The van der Waals surface area contributed by atoms with E-state index in [1.165, 1.54) is 16.7 Å². The van der Waals surface area contributed by atoms with Crippen LogP contribution in [0.5, 0.6) is 0 Å². The van der Waals surface area contributed by atoms with E-state index in [4.69, 9.17) is 13.8 Å². The number of furan rings is 2. The predicted molar refractivity (Wildman–Crippen MR) is 196 cm³/mol. The fourth-order valence-electron chi connectivity index (χ4n) is 6.91. The summed E-state index contributed by atoms with van der Waals surface area (Å²) in [5.41, 5.74) is 12.4. The van der Waals surface area contributed by atoms with E-state index in [9.17, 15) is 0 Å². The molecule has 0 radical (unpaired) electrons. The zero-order valence-electron chi connectivity index (χ0n) is 26.0. The number of fused-ring (bicyclic) bond motifs is 6. The molecule has 9 rings (SSSR count). The van der Waals surface area contributed by atoms with Crippen molar-refractivity contribution in [1.29, 1.82) is 0 Å². The lowest BCUT2D eigenvalue weighted by Gasteiger charge is -2.15. The molecule has 6 aromatic carbocycles. The van der Waals surface area contributed by atoms with E-state index < -0.39 is 0 Å². The van der Waals surface area contributed by atoms with E-state index in [0.29, 0.717) is 0 Å². The highest BCUT2D eigenvalue weighted by molar-refractivity contribution is 6.17. The maximum Gasteiger partial charge on any atom is 0.136 e. The SMILES string of the molecule is CCC1C=C(c2ccccc2)C=C(c2ccccc2)N=C1c1ccc2oc3cc4c(cc3c2c1)oc1ccc(-c2ccccc2)cc14. The van der Waals surface area contributed by atoms with Gasteiger partial charge in [-0.25, -0.2) is 0 Å². The topological polar surface area (TPSA) is 38.6 Å². The summed E-state index contributed by atoms with van der Waals surface area (Å²) < 4.78 is 12.9. The lowest BCUT2D eigenvalue weighted by Crippen LogP contribution is -2.13. The van der Waals surface area contributed by atoms with E-state index in [2.05, 4.69) is 146 Å². The molecule has 0 bridgehead atoms. The van der Waals surface area contributed by atoms with Gasteiger partial charge in [-0.15, -0.1) is 0 Å². The number of hydrogen-bond acceptors (Lipinski definition) is 3. The minimum Gasteiger partial charge on any atom is -0.456 e. The Bertz CT molecular complexity index is 2530. The van der Waals surface area contributed by atoms with Gasteiger partial charge in [-0.1, -0.05) is 110 Å². The lowest BCUT2D eigenvalue weighted by molar-refractivity contribution is 0.664. The second kappa shape index (κ2) is 11.1. The molecular weight excluding hydrogens is 574 g/mol. The summed E-state index contributed by atoms with van der Waals surface area (Å²) >= 11 is 0. The van der Waals surface area contributed by atoms with Crippen LogP contribution in [0.2, 0.25) is 0 Å². The van der Waals surface area contributed by atoms with Crippen LogP contribution in [0.15, 0.2) is 166 Å². The molecule has 0 saturated heterocycles. The maximum absolute atomic E-state index is 6.47. The van der Waals surface area contributed by atoms with Crippen LogP contribution in [0, 0.1) is 5.92 Å². The Balaban J connectivity index is 1.19. The minimum absolute atomic E-state index is 0.138. The van der Waals surface area contributed by atoms with Crippen molar-refractivity contribution in [3.05, 3.63) is 168 Å². The summed E-state index contributed by atoms with van der Waals surface area (Å²) in [7, 11) is 0. The largest absolute Gasteiger partial charge is 0.456 e. The first kappa shape index (κ1) is 27.4. The zero-order chi connectivity index (χ0) is 31.3. The van der Waals surface area contributed by atoms with Crippen LogP contribution in [0.3, 0.4) is 0 Å². The molecule has 0 aliphatic carbocycles. The van der Waals surface area contributed by atoms with Gasteiger partial charge in [0, 0.05) is 33.0 Å². The third-order valence-electron chi connectivity index (χ3n) is 9.35. The van der Waals surface area contributed by atoms with Gasteiger partial charge in [0.05, 0.1) is 11.4 Å². The summed E-state index contributed by atoms with van der Waals surface area (Å²) in [5, 5.41) is 4.24. The molecule has 0 amide bonds. The van der Waals surface area contributed by atoms with Crippen LogP contribution in [0.4, 0.5) is 0 Å². The number of allylic oxidation sites excluding steroid dienone is 3. The number of rotatable bonds is 5. The van der Waals surface area contributed by atoms with Crippen LogP contribution < -0.4 is 0 Å². The second-order valence-corrected chi connectivity index (χ2v) is 12.2. The summed E-state index contributed by atoms with van der Waals surface area (Å²) in [4.78, 5) is 5.40. The molecule has 0 fully saturated rings. The van der Waals surface area contributed by atoms with Crippen LogP contribution in [-0.2, 0) is 0 Å². The molecule has 1 aliphatic rings. The molecule has 0 spiro atoms. The third-order valence-corrected chi connectivity index (χ3v) is 9.35. The molecule has 3 heterocycles. The normalized spacial score (nSPS) is 15.2. The van der Waals surface area contributed by atoms with Crippen LogP contribution in [0.25, 0.3) is 66.3 Å². The van der Waals surface area contributed by atoms with Crippen molar-refractivity contribution in [2.45, 2.75) is 13.3 Å². The first-order valence-corrected chi connectivity index (χ1v) is 16.2. The van der Waals surface area contributed by atoms with Crippen LogP contribution in [0.1, 0.15) is 30.0 Å². The van der Waals surface area contributed by atoms with Gasteiger partial charge in [-0.05, 0) is 82.8 Å². The van der Waals surface area contributed by atoms with Crippen molar-refractivity contribution in [3.63, 3.8) is 0 Å². The number of hydrogen-bond donors (Lipinski definition) is 0. The molecular formula is C44H31NO2. The lowest BCUT2D eigenvalue weighted by atomic mass is 9.90. The average molecular weight is 606 g/mol. The smallest absolute Gasteiger partial charge is 0.136 e. The molecule has 2 aromatic heterocycles. The summed E-state index contributed by atoms with van der Waals surface area (Å²) in [6.45, 7) is 2.24. The summed E-state index contributed by atoms with van der Waals surface area (Å²) in [6.07, 6.45) is 5.54. The Morgan fingerprint density at radius 2 is 1.00 bits per heavy atom. The van der Waals surface area contributed by atoms with E-state index >= 15 is 0 Å². The van der Waals surface area contributed by atoms with Crippen molar-refractivity contribution < 1.29 is 8.83 Å². The highest BCUT2D eigenvalue weighted by Crippen LogP contribution is 2.39. The Kier molecular flexibility index (Phi) is 6.50. The zero-order valence-corrected chi connectivity index (χ0v) is 26.0. The molecule has 1 aliphatic heterocycles. The molecule has 0 N–H and O–H groups in total. The van der Waals surface area contributed by atoms with Gasteiger partial charge in [-0.2, -0.15) is 0 Å². The van der Waals surface area contributed by atoms with E-state index in [1.54, 1.807) is 0 Å². The molecule has 224 valence electrons. The average Bonchev–Trinajstić information content (AvgIpc) is 3.60. The monoisotopic (exact) mass is 605 g/mol. The van der Waals surface area contributed by atoms with E-state index in [-0.39, 0.29) is 5.92 Å². The highest BCUT2D eigenvalue weighted by Gasteiger charge is 2.22. The molecule has 3 nitrogen and oxygen atoms in total. The number of aliphatic imine (C=N–C) groups is 1. The minimum atomic E-state index is 0.138. The Morgan fingerprint density at radius 3 is 1.60 bits per heavy atom. The Hall–Kier alpha value is -5.93. The highest BCUT2D eigenvalue weighted by atomic mass is 16.3. The molecule has 8 aromatic rings.